The van der Waals surface area contributed by atoms with Crippen molar-refractivity contribution in [3.8, 4) is 5.75 Å². The van der Waals surface area contributed by atoms with Gasteiger partial charge >= 0.3 is 0 Å². The van der Waals surface area contributed by atoms with Gasteiger partial charge in [0.2, 0.25) is 0 Å². The number of aryl methyl sites for hydroxylation is 2. The molecule has 0 spiro atoms. The first-order valence-electron chi connectivity index (χ1n) is 7.33. The van der Waals surface area contributed by atoms with Gasteiger partial charge in [0.15, 0.2) is 0 Å². The molecule has 1 unspecified atom stereocenters. The summed E-state index contributed by atoms with van der Waals surface area (Å²) in [4.78, 5) is 0. The molecule has 1 aliphatic heterocycles. The first-order chi connectivity index (χ1) is 10.1. The van der Waals surface area contributed by atoms with Crippen molar-refractivity contribution >= 4 is 0 Å². The van der Waals surface area contributed by atoms with E-state index in [2.05, 4.69) is 11.4 Å². The molecule has 0 fully saturated rings. The molecule has 2 nitrogen and oxygen atoms in total. The van der Waals surface area contributed by atoms with Crippen LogP contribution in [0.3, 0.4) is 0 Å². The molecule has 0 aliphatic carbocycles. The van der Waals surface area contributed by atoms with Gasteiger partial charge in [-0.05, 0) is 36.6 Å². The first kappa shape index (κ1) is 14.1. The fourth-order valence-electron chi connectivity index (χ4n) is 2.93. The Balaban J connectivity index is 1.60. The van der Waals surface area contributed by atoms with Gasteiger partial charge in [-0.3, -0.25) is 0 Å². The third-order valence-electron chi connectivity index (χ3n) is 4.01. The van der Waals surface area contributed by atoms with Gasteiger partial charge in [0.1, 0.15) is 11.6 Å². The number of fused-ring (bicyclic) bond motifs is 1. The lowest BCUT2D eigenvalue weighted by Gasteiger charge is -2.12. The summed E-state index contributed by atoms with van der Waals surface area (Å²) < 4.78 is 19.3. The van der Waals surface area contributed by atoms with Crippen LogP contribution in [0, 0.1) is 19.7 Å². The topological polar surface area (TPSA) is 21.3 Å². The molecule has 0 radical (unpaired) electrons. The molecule has 2 aromatic carbocycles. The van der Waals surface area contributed by atoms with E-state index in [0.717, 1.165) is 31.0 Å². The maximum absolute atomic E-state index is 13.6. The molecular formula is C18H20FNO. The van der Waals surface area contributed by atoms with Gasteiger partial charge in [0.25, 0.3) is 0 Å². The van der Waals surface area contributed by atoms with E-state index < -0.39 is 0 Å². The Kier molecular flexibility index (Phi) is 3.93. The molecule has 1 N–H and O–H groups in total. The number of rotatable bonds is 4. The maximum Gasteiger partial charge on any atom is 0.129 e. The Morgan fingerprint density at radius 1 is 1.19 bits per heavy atom. The Morgan fingerprint density at radius 2 is 1.90 bits per heavy atom. The van der Waals surface area contributed by atoms with E-state index in [4.69, 9.17) is 4.74 Å². The summed E-state index contributed by atoms with van der Waals surface area (Å²) in [5.41, 5.74) is 3.82. The minimum absolute atomic E-state index is 0.100. The predicted octanol–water partition coefficient (Wildman–Crippen LogP) is 3.71. The van der Waals surface area contributed by atoms with Gasteiger partial charge in [0, 0.05) is 24.6 Å². The molecule has 110 valence electrons. The lowest BCUT2D eigenvalue weighted by Crippen LogP contribution is -2.22. The summed E-state index contributed by atoms with van der Waals surface area (Å²) in [6.45, 7) is 5.97. The zero-order valence-corrected chi connectivity index (χ0v) is 12.4. The third kappa shape index (κ3) is 2.93. The fraction of sp³-hybridized carbons (Fsp3) is 0.333. The maximum atomic E-state index is 13.6. The monoisotopic (exact) mass is 285 g/mol. The molecule has 0 saturated heterocycles. The summed E-state index contributed by atoms with van der Waals surface area (Å²) in [5.74, 6) is 1.29. The Hall–Kier alpha value is -1.87. The van der Waals surface area contributed by atoms with Crippen molar-refractivity contribution in [2.75, 3.05) is 13.2 Å². The van der Waals surface area contributed by atoms with Crippen LogP contribution in [-0.2, 0) is 6.54 Å². The van der Waals surface area contributed by atoms with Gasteiger partial charge in [0.05, 0.1) is 6.61 Å². The second-order valence-corrected chi connectivity index (χ2v) is 5.72. The minimum Gasteiger partial charge on any atom is -0.493 e. The highest BCUT2D eigenvalue weighted by molar-refractivity contribution is 5.39. The van der Waals surface area contributed by atoms with Crippen LogP contribution in [0.25, 0.3) is 0 Å². The molecule has 3 heteroatoms. The zero-order valence-electron chi connectivity index (χ0n) is 12.4. The molecular weight excluding hydrogens is 265 g/mol. The van der Waals surface area contributed by atoms with E-state index in [1.165, 1.54) is 5.56 Å². The largest absolute Gasteiger partial charge is 0.493 e. The molecule has 0 bridgehead atoms. The Morgan fingerprint density at radius 3 is 2.67 bits per heavy atom. The van der Waals surface area contributed by atoms with E-state index in [1.54, 1.807) is 0 Å². The molecule has 21 heavy (non-hydrogen) atoms. The van der Waals surface area contributed by atoms with Crippen molar-refractivity contribution in [3.63, 3.8) is 0 Å². The van der Waals surface area contributed by atoms with Gasteiger partial charge in [-0.25, -0.2) is 4.39 Å². The standard InChI is InChI=1S/C18H20FNO/c1-12-7-14(8-13(2)18(12)19)9-20-10-15-11-21-17-6-4-3-5-16(15)17/h3-8,15,20H,9-11H2,1-2H3. The third-order valence-corrected chi connectivity index (χ3v) is 4.01. The van der Waals surface area contributed by atoms with Crippen molar-refractivity contribution in [2.45, 2.75) is 26.3 Å². The number of hydrogen-bond acceptors (Lipinski definition) is 2. The lowest BCUT2D eigenvalue weighted by molar-refractivity contribution is 0.326. The molecule has 1 atom stereocenters. The van der Waals surface area contributed by atoms with Crippen LogP contribution in [0.5, 0.6) is 5.75 Å². The number of halogens is 1. The second-order valence-electron chi connectivity index (χ2n) is 5.72. The normalized spacial score (nSPS) is 16.6. The summed E-state index contributed by atoms with van der Waals surface area (Å²) in [6.07, 6.45) is 0. The van der Waals surface area contributed by atoms with Crippen LogP contribution in [0.15, 0.2) is 36.4 Å². The van der Waals surface area contributed by atoms with E-state index >= 15 is 0 Å². The van der Waals surface area contributed by atoms with Crippen LogP contribution < -0.4 is 10.1 Å². The second kappa shape index (κ2) is 5.86. The van der Waals surface area contributed by atoms with E-state index in [9.17, 15) is 4.39 Å². The van der Waals surface area contributed by atoms with Crippen molar-refractivity contribution in [3.05, 3.63) is 64.5 Å². The van der Waals surface area contributed by atoms with E-state index in [0.29, 0.717) is 17.0 Å². The van der Waals surface area contributed by atoms with Crippen LogP contribution in [-0.4, -0.2) is 13.2 Å². The molecule has 0 saturated carbocycles. The van der Waals surface area contributed by atoms with E-state index in [1.807, 2.05) is 44.2 Å². The molecule has 0 aromatic heterocycles. The number of benzene rings is 2. The average Bonchev–Trinajstić information content (AvgIpc) is 2.88. The molecule has 1 aliphatic rings. The van der Waals surface area contributed by atoms with Crippen molar-refractivity contribution in [1.82, 2.24) is 5.32 Å². The van der Waals surface area contributed by atoms with E-state index in [-0.39, 0.29) is 5.82 Å². The Bertz CT molecular complexity index is 630. The fourth-order valence-corrected chi connectivity index (χ4v) is 2.93. The lowest BCUT2D eigenvalue weighted by atomic mass is 10.0. The van der Waals surface area contributed by atoms with Crippen LogP contribution in [0.1, 0.15) is 28.2 Å². The summed E-state index contributed by atoms with van der Waals surface area (Å²) in [6, 6.07) is 12.0. The van der Waals surface area contributed by atoms with Crippen molar-refractivity contribution in [2.24, 2.45) is 0 Å². The molecule has 3 rings (SSSR count). The zero-order chi connectivity index (χ0) is 14.8. The van der Waals surface area contributed by atoms with Gasteiger partial charge in [-0.1, -0.05) is 30.3 Å². The van der Waals surface area contributed by atoms with Crippen molar-refractivity contribution < 1.29 is 9.13 Å². The minimum atomic E-state index is -0.100. The Labute approximate surface area is 125 Å². The number of para-hydroxylation sites is 1. The SMILES string of the molecule is Cc1cc(CNCC2COc3ccccc32)cc(C)c1F. The highest BCUT2D eigenvalue weighted by Gasteiger charge is 2.22. The quantitative estimate of drug-likeness (QED) is 0.924. The van der Waals surface area contributed by atoms with Gasteiger partial charge in [-0.15, -0.1) is 0 Å². The predicted molar refractivity (Wildman–Crippen MR) is 82.3 cm³/mol. The number of nitrogens with one attached hydrogen (secondary N) is 1. The average molecular weight is 285 g/mol. The molecule has 1 heterocycles. The van der Waals surface area contributed by atoms with Crippen molar-refractivity contribution in [1.29, 1.82) is 0 Å². The molecule has 2 aromatic rings. The van der Waals surface area contributed by atoms with Gasteiger partial charge < -0.3 is 10.1 Å². The van der Waals surface area contributed by atoms with Gasteiger partial charge in [-0.2, -0.15) is 0 Å². The highest BCUT2D eigenvalue weighted by atomic mass is 19.1. The van der Waals surface area contributed by atoms with Crippen LogP contribution in [0.4, 0.5) is 4.39 Å². The molecule has 0 amide bonds. The van der Waals surface area contributed by atoms with Crippen LogP contribution >= 0.6 is 0 Å². The highest BCUT2D eigenvalue weighted by Crippen LogP contribution is 2.32. The summed E-state index contributed by atoms with van der Waals surface area (Å²) >= 11 is 0. The summed E-state index contributed by atoms with van der Waals surface area (Å²) in [5, 5.41) is 3.46. The smallest absolute Gasteiger partial charge is 0.129 e. The first-order valence-corrected chi connectivity index (χ1v) is 7.33. The number of hydrogen-bond donors (Lipinski definition) is 1. The van der Waals surface area contributed by atoms with Crippen LogP contribution in [0.2, 0.25) is 0 Å². The summed E-state index contributed by atoms with van der Waals surface area (Å²) in [7, 11) is 0. The number of ether oxygens (including phenoxy) is 1.